The molecular formula is C49H31N3O. The minimum atomic E-state index is 0.667. The lowest BCUT2D eigenvalue weighted by molar-refractivity contribution is 0.669. The second kappa shape index (κ2) is 12.9. The lowest BCUT2D eigenvalue weighted by atomic mass is 9.91. The zero-order valence-corrected chi connectivity index (χ0v) is 28.6. The summed E-state index contributed by atoms with van der Waals surface area (Å²) < 4.78 is 6.20. The van der Waals surface area contributed by atoms with Crippen LogP contribution in [-0.2, 0) is 0 Å². The molecule has 0 spiro atoms. The number of pyridine rings is 1. The van der Waals surface area contributed by atoms with Crippen molar-refractivity contribution < 1.29 is 4.42 Å². The zero-order chi connectivity index (χ0) is 35.1. The van der Waals surface area contributed by atoms with Crippen LogP contribution in [0.1, 0.15) is 0 Å². The molecule has 0 fully saturated rings. The molecule has 4 heteroatoms. The Hall–Kier alpha value is -7.17. The topological polar surface area (TPSA) is 51.8 Å². The Bertz CT molecular complexity index is 2940. The Morgan fingerprint density at radius 1 is 0.340 bits per heavy atom. The molecule has 248 valence electrons. The maximum Gasteiger partial charge on any atom is 0.160 e. The van der Waals surface area contributed by atoms with Crippen molar-refractivity contribution in [1.82, 2.24) is 15.0 Å². The van der Waals surface area contributed by atoms with Gasteiger partial charge in [0.1, 0.15) is 11.2 Å². The number of rotatable bonds is 6. The molecule has 0 N–H and O–H groups in total. The monoisotopic (exact) mass is 677 g/mol. The number of furan rings is 1. The number of hydrogen-bond acceptors (Lipinski definition) is 4. The van der Waals surface area contributed by atoms with Crippen molar-refractivity contribution in [3.8, 4) is 67.3 Å². The molecule has 0 radical (unpaired) electrons. The molecule has 0 bridgehead atoms. The van der Waals surface area contributed by atoms with E-state index in [4.69, 9.17) is 14.4 Å². The highest BCUT2D eigenvalue weighted by Crippen LogP contribution is 2.39. The van der Waals surface area contributed by atoms with E-state index in [-0.39, 0.29) is 0 Å². The number of hydrogen-bond donors (Lipinski definition) is 0. The van der Waals surface area contributed by atoms with Gasteiger partial charge in [-0.15, -0.1) is 0 Å². The molecule has 0 atom stereocenters. The molecule has 10 aromatic rings. The van der Waals surface area contributed by atoms with E-state index in [0.29, 0.717) is 5.82 Å². The van der Waals surface area contributed by atoms with Gasteiger partial charge in [0.15, 0.2) is 5.82 Å². The van der Waals surface area contributed by atoms with Gasteiger partial charge in [-0.25, -0.2) is 9.97 Å². The maximum absolute atomic E-state index is 6.20. The molecule has 53 heavy (non-hydrogen) atoms. The van der Waals surface area contributed by atoms with E-state index in [1.165, 1.54) is 16.3 Å². The van der Waals surface area contributed by atoms with Crippen LogP contribution >= 0.6 is 0 Å². The Kier molecular flexibility index (Phi) is 7.43. The molecular weight excluding hydrogens is 647 g/mol. The van der Waals surface area contributed by atoms with Crippen molar-refractivity contribution in [2.75, 3.05) is 0 Å². The fourth-order valence-electron chi connectivity index (χ4n) is 7.34. The molecule has 0 unspecified atom stereocenters. The minimum Gasteiger partial charge on any atom is -0.456 e. The molecule has 0 aliphatic heterocycles. The first-order chi connectivity index (χ1) is 26.2. The van der Waals surface area contributed by atoms with Crippen LogP contribution in [0.5, 0.6) is 0 Å². The highest BCUT2D eigenvalue weighted by Gasteiger charge is 2.16. The summed E-state index contributed by atoms with van der Waals surface area (Å²) in [6, 6.07) is 61.6. The molecule has 0 aliphatic rings. The number of aromatic nitrogens is 3. The van der Waals surface area contributed by atoms with E-state index in [2.05, 4.69) is 151 Å². The summed E-state index contributed by atoms with van der Waals surface area (Å²) in [6.45, 7) is 0. The number of fused-ring (bicyclic) bond motifs is 4. The largest absolute Gasteiger partial charge is 0.456 e. The molecule has 3 aromatic heterocycles. The van der Waals surface area contributed by atoms with E-state index >= 15 is 0 Å². The molecule has 4 nitrogen and oxygen atoms in total. The van der Waals surface area contributed by atoms with Crippen LogP contribution < -0.4 is 0 Å². The van der Waals surface area contributed by atoms with Gasteiger partial charge >= 0.3 is 0 Å². The van der Waals surface area contributed by atoms with Crippen molar-refractivity contribution in [3.05, 3.63) is 188 Å². The van der Waals surface area contributed by atoms with Crippen molar-refractivity contribution in [1.29, 1.82) is 0 Å². The summed E-state index contributed by atoms with van der Waals surface area (Å²) in [7, 11) is 0. The summed E-state index contributed by atoms with van der Waals surface area (Å²) in [4.78, 5) is 14.7. The standard InChI is InChI=1S/C49H31N3O/c1-2-11-34(12-3-1)45-31-46(52-49(51-45)37-15-8-14-35(26-37)32-22-24-50-25-23-32)40-28-38(27-39(29-40)42-18-9-13-33-10-4-5-16-41(33)42)36-20-21-48-44(30-36)43-17-6-7-19-47(43)53-48/h1-31H. The van der Waals surface area contributed by atoms with Gasteiger partial charge in [0, 0.05) is 39.9 Å². The smallest absolute Gasteiger partial charge is 0.160 e. The third-order valence-corrected chi connectivity index (χ3v) is 9.97. The molecule has 10 rings (SSSR count). The van der Waals surface area contributed by atoms with E-state index in [9.17, 15) is 0 Å². The summed E-state index contributed by atoms with van der Waals surface area (Å²) in [6.07, 6.45) is 3.64. The van der Waals surface area contributed by atoms with Crippen molar-refractivity contribution >= 4 is 32.7 Å². The first-order valence-corrected chi connectivity index (χ1v) is 17.7. The van der Waals surface area contributed by atoms with Crippen molar-refractivity contribution in [2.24, 2.45) is 0 Å². The highest BCUT2D eigenvalue weighted by atomic mass is 16.3. The van der Waals surface area contributed by atoms with E-state index in [1.54, 1.807) is 0 Å². The van der Waals surface area contributed by atoms with Gasteiger partial charge in [0.05, 0.1) is 11.4 Å². The van der Waals surface area contributed by atoms with Crippen LogP contribution in [-0.4, -0.2) is 15.0 Å². The molecule has 3 heterocycles. The lowest BCUT2D eigenvalue weighted by Gasteiger charge is -2.14. The van der Waals surface area contributed by atoms with Gasteiger partial charge in [-0.05, 0) is 105 Å². The second-order valence-corrected chi connectivity index (χ2v) is 13.3. The van der Waals surface area contributed by atoms with Gasteiger partial charge in [-0.2, -0.15) is 0 Å². The predicted octanol–water partition coefficient (Wildman–Crippen LogP) is 12.9. The van der Waals surface area contributed by atoms with Crippen LogP contribution in [0.4, 0.5) is 0 Å². The van der Waals surface area contributed by atoms with Crippen LogP contribution in [0, 0.1) is 0 Å². The van der Waals surface area contributed by atoms with Crippen molar-refractivity contribution in [3.63, 3.8) is 0 Å². The van der Waals surface area contributed by atoms with E-state index in [1.807, 2.05) is 42.7 Å². The van der Waals surface area contributed by atoms with Crippen LogP contribution in [0.2, 0.25) is 0 Å². The number of benzene rings is 7. The quantitative estimate of drug-likeness (QED) is 0.176. The molecule has 0 aliphatic carbocycles. The second-order valence-electron chi connectivity index (χ2n) is 13.3. The summed E-state index contributed by atoms with van der Waals surface area (Å²) in [5.41, 5.74) is 13.1. The Labute approximate surface area is 306 Å². The minimum absolute atomic E-state index is 0.667. The van der Waals surface area contributed by atoms with Crippen molar-refractivity contribution in [2.45, 2.75) is 0 Å². The molecule has 0 amide bonds. The van der Waals surface area contributed by atoms with E-state index in [0.717, 1.165) is 77.8 Å². The highest BCUT2D eigenvalue weighted by molar-refractivity contribution is 6.06. The van der Waals surface area contributed by atoms with Gasteiger partial charge in [0.25, 0.3) is 0 Å². The molecule has 0 saturated carbocycles. The van der Waals surface area contributed by atoms with Gasteiger partial charge < -0.3 is 4.42 Å². The van der Waals surface area contributed by atoms with Gasteiger partial charge in [-0.3, -0.25) is 4.98 Å². The molecule has 7 aromatic carbocycles. The average molecular weight is 678 g/mol. The van der Waals surface area contributed by atoms with Gasteiger partial charge in [-0.1, -0.05) is 115 Å². The third-order valence-electron chi connectivity index (χ3n) is 9.97. The SMILES string of the molecule is c1ccc(-c2cc(-c3cc(-c4ccc5oc6ccccc6c5c4)cc(-c4cccc5ccccc45)c3)nc(-c3cccc(-c4ccncc4)c3)n2)cc1. The zero-order valence-electron chi connectivity index (χ0n) is 28.6. The number of nitrogens with zero attached hydrogens (tertiary/aromatic N) is 3. The summed E-state index contributed by atoms with van der Waals surface area (Å²) >= 11 is 0. The fraction of sp³-hybridized carbons (Fsp3) is 0. The lowest BCUT2D eigenvalue weighted by Crippen LogP contribution is -1.97. The van der Waals surface area contributed by atoms with Gasteiger partial charge in [0.2, 0.25) is 0 Å². The fourth-order valence-corrected chi connectivity index (χ4v) is 7.34. The van der Waals surface area contributed by atoms with E-state index < -0.39 is 0 Å². The normalized spacial score (nSPS) is 11.4. The summed E-state index contributed by atoms with van der Waals surface area (Å²) in [5.74, 6) is 0.667. The maximum atomic E-state index is 6.20. The first kappa shape index (κ1) is 30.6. The Morgan fingerprint density at radius 2 is 0.962 bits per heavy atom. The molecule has 0 saturated heterocycles. The van der Waals surface area contributed by atoms with Crippen LogP contribution in [0.25, 0.3) is 100.0 Å². The summed E-state index contributed by atoms with van der Waals surface area (Å²) in [5, 5.41) is 4.61. The van der Waals surface area contributed by atoms with Crippen LogP contribution in [0.3, 0.4) is 0 Å². The predicted molar refractivity (Wildman–Crippen MR) is 217 cm³/mol. The third kappa shape index (κ3) is 5.73. The average Bonchev–Trinajstić information content (AvgIpc) is 3.62. The Balaban J connectivity index is 1.20. The first-order valence-electron chi connectivity index (χ1n) is 17.7. The van der Waals surface area contributed by atoms with Crippen LogP contribution in [0.15, 0.2) is 193 Å². The Morgan fingerprint density at radius 3 is 1.85 bits per heavy atom. The number of para-hydroxylation sites is 1.